The van der Waals surface area contributed by atoms with Crippen molar-refractivity contribution >= 4 is 23.5 Å². The van der Waals surface area contributed by atoms with E-state index in [2.05, 4.69) is 4.99 Å². The first-order chi connectivity index (χ1) is 12.2. The van der Waals surface area contributed by atoms with Gasteiger partial charge in [-0.05, 0) is 54.1 Å². The van der Waals surface area contributed by atoms with Crippen LogP contribution in [-0.2, 0) is 0 Å². The fourth-order valence-corrected chi connectivity index (χ4v) is 2.42. The third kappa shape index (κ3) is 4.31. The first-order valence-corrected chi connectivity index (χ1v) is 7.97. The van der Waals surface area contributed by atoms with Crippen molar-refractivity contribution < 1.29 is 14.6 Å². The van der Waals surface area contributed by atoms with E-state index in [1.165, 1.54) is 7.11 Å². The average Bonchev–Trinajstić information content (AvgIpc) is 2.64. The van der Waals surface area contributed by atoms with Gasteiger partial charge in [0.2, 0.25) is 0 Å². The van der Waals surface area contributed by atoms with Crippen molar-refractivity contribution in [1.82, 2.24) is 0 Å². The number of aromatic hydroxyl groups is 1. The van der Waals surface area contributed by atoms with Crippen molar-refractivity contribution in [2.45, 2.75) is 0 Å². The van der Waals surface area contributed by atoms with E-state index in [0.29, 0.717) is 5.75 Å². The molecule has 0 bridgehead atoms. The standard InChI is InChI=1S/C20H16ClNO3/c1-24-19-12-14(11-18(21)20(19)23)13-22-15-7-9-17(10-8-15)25-16-5-3-2-4-6-16/h2-13,23H,1H3. The maximum Gasteiger partial charge on any atom is 0.176 e. The Kier molecular flexibility index (Phi) is 5.21. The van der Waals surface area contributed by atoms with Gasteiger partial charge >= 0.3 is 0 Å². The van der Waals surface area contributed by atoms with Crippen LogP contribution >= 0.6 is 11.6 Å². The van der Waals surface area contributed by atoms with E-state index >= 15 is 0 Å². The molecular formula is C20H16ClNO3. The van der Waals surface area contributed by atoms with E-state index in [0.717, 1.165) is 22.7 Å². The van der Waals surface area contributed by atoms with Gasteiger partial charge < -0.3 is 14.6 Å². The molecule has 3 aromatic rings. The van der Waals surface area contributed by atoms with Crippen LogP contribution < -0.4 is 9.47 Å². The van der Waals surface area contributed by atoms with Crippen LogP contribution in [0.25, 0.3) is 0 Å². The SMILES string of the molecule is COc1cc(C=Nc2ccc(Oc3ccccc3)cc2)cc(Cl)c1O. The summed E-state index contributed by atoms with van der Waals surface area (Å²) in [5.74, 6) is 1.74. The molecule has 0 fully saturated rings. The Balaban J connectivity index is 1.73. The van der Waals surface area contributed by atoms with Crippen LogP contribution in [0.5, 0.6) is 23.0 Å². The largest absolute Gasteiger partial charge is 0.503 e. The van der Waals surface area contributed by atoms with E-state index in [1.54, 1.807) is 18.3 Å². The number of ether oxygens (including phenoxy) is 2. The number of methoxy groups -OCH3 is 1. The first kappa shape index (κ1) is 16.9. The molecule has 5 heteroatoms. The molecule has 0 saturated carbocycles. The lowest BCUT2D eigenvalue weighted by Gasteiger charge is -2.06. The van der Waals surface area contributed by atoms with Crippen LogP contribution in [0.2, 0.25) is 5.02 Å². The van der Waals surface area contributed by atoms with E-state index in [4.69, 9.17) is 21.1 Å². The Morgan fingerprint density at radius 2 is 1.64 bits per heavy atom. The van der Waals surface area contributed by atoms with Crippen LogP contribution in [-0.4, -0.2) is 18.4 Å². The van der Waals surface area contributed by atoms with Gasteiger partial charge in [-0.1, -0.05) is 29.8 Å². The summed E-state index contributed by atoms with van der Waals surface area (Å²) in [7, 11) is 1.47. The number of nitrogens with zero attached hydrogens (tertiary/aromatic N) is 1. The summed E-state index contributed by atoms with van der Waals surface area (Å²) in [5.41, 5.74) is 1.49. The van der Waals surface area contributed by atoms with Crippen LogP contribution in [0.3, 0.4) is 0 Å². The monoisotopic (exact) mass is 353 g/mol. The molecule has 0 spiro atoms. The van der Waals surface area contributed by atoms with Crippen molar-refractivity contribution in [3.8, 4) is 23.0 Å². The van der Waals surface area contributed by atoms with Gasteiger partial charge in [-0.2, -0.15) is 0 Å². The van der Waals surface area contributed by atoms with Gasteiger partial charge in [0.1, 0.15) is 11.5 Å². The zero-order valence-electron chi connectivity index (χ0n) is 13.5. The zero-order chi connectivity index (χ0) is 17.6. The fourth-order valence-electron chi connectivity index (χ4n) is 2.20. The molecule has 0 aromatic heterocycles. The Morgan fingerprint density at radius 1 is 0.960 bits per heavy atom. The first-order valence-electron chi connectivity index (χ1n) is 7.59. The highest BCUT2D eigenvalue weighted by Crippen LogP contribution is 2.34. The Labute approximate surface area is 150 Å². The van der Waals surface area contributed by atoms with Gasteiger partial charge in [-0.15, -0.1) is 0 Å². The molecule has 0 amide bonds. The smallest absolute Gasteiger partial charge is 0.176 e. The minimum absolute atomic E-state index is 0.0799. The summed E-state index contributed by atoms with van der Waals surface area (Å²) in [6.07, 6.45) is 1.65. The highest BCUT2D eigenvalue weighted by molar-refractivity contribution is 6.32. The normalized spacial score (nSPS) is 10.8. The number of hydrogen-bond donors (Lipinski definition) is 1. The molecule has 0 heterocycles. The lowest BCUT2D eigenvalue weighted by atomic mass is 10.2. The molecular weight excluding hydrogens is 338 g/mol. The van der Waals surface area contributed by atoms with Gasteiger partial charge in [0.25, 0.3) is 0 Å². The summed E-state index contributed by atoms with van der Waals surface area (Å²) < 4.78 is 10.8. The molecule has 0 saturated heterocycles. The van der Waals surface area contributed by atoms with Crippen molar-refractivity contribution in [3.63, 3.8) is 0 Å². The van der Waals surface area contributed by atoms with Gasteiger partial charge in [0, 0.05) is 6.21 Å². The predicted octanol–water partition coefficient (Wildman–Crippen LogP) is 5.60. The molecule has 0 aliphatic carbocycles. The van der Waals surface area contributed by atoms with E-state index in [-0.39, 0.29) is 10.8 Å². The van der Waals surface area contributed by atoms with Crippen molar-refractivity contribution in [3.05, 3.63) is 77.3 Å². The maximum absolute atomic E-state index is 9.74. The number of hydrogen-bond acceptors (Lipinski definition) is 4. The highest BCUT2D eigenvalue weighted by atomic mass is 35.5. The minimum atomic E-state index is -0.0799. The summed E-state index contributed by atoms with van der Waals surface area (Å²) >= 11 is 5.97. The molecule has 0 radical (unpaired) electrons. The van der Waals surface area contributed by atoms with Gasteiger partial charge in [0.15, 0.2) is 11.5 Å². The second-order valence-electron chi connectivity index (χ2n) is 5.22. The predicted molar refractivity (Wildman–Crippen MR) is 99.9 cm³/mol. The molecule has 4 nitrogen and oxygen atoms in total. The van der Waals surface area contributed by atoms with Crippen molar-refractivity contribution in [2.24, 2.45) is 4.99 Å². The third-order valence-corrected chi connectivity index (χ3v) is 3.74. The van der Waals surface area contributed by atoms with E-state index in [1.807, 2.05) is 54.6 Å². The summed E-state index contributed by atoms with van der Waals surface area (Å²) in [6.45, 7) is 0. The second kappa shape index (κ2) is 7.73. The number of aliphatic imine (C=N–C) groups is 1. The molecule has 0 unspecified atom stereocenters. The van der Waals surface area contributed by atoms with Crippen LogP contribution in [0.1, 0.15) is 5.56 Å². The average molecular weight is 354 g/mol. The number of benzene rings is 3. The number of halogens is 1. The van der Waals surface area contributed by atoms with Crippen LogP contribution in [0.4, 0.5) is 5.69 Å². The zero-order valence-corrected chi connectivity index (χ0v) is 14.3. The molecule has 25 heavy (non-hydrogen) atoms. The van der Waals surface area contributed by atoms with Gasteiger partial charge in [0.05, 0.1) is 17.8 Å². The highest BCUT2D eigenvalue weighted by Gasteiger charge is 2.07. The molecule has 0 aliphatic heterocycles. The lowest BCUT2D eigenvalue weighted by Crippen LogP contribution is -1.88. The lowest BCUT2D eigenvalue weighted by molar-refractivity contribution is 0.373. The summed E-state index contributed by atoms with van der Waals surface area (Å²) in [6, 6.07) is 20.3. The molecule has 0 aliphatic rings. The Hall–Kier alpha value is -2.98. The number of phenolic OH excluding ortho intramolecular Hbond substituents is 1. The summed E-state index contributed by atoms with van der Waals surface area (Å²) in [4.78, 5) is 4.39. The van der Waals surface area contributed by atoms with Crippen molar-refractivity contribution in [1.29, 1.82) is 0 Å². The fraction of sp³-hybridized carbons (Fsp3) is 0.0500. The van der Waals surface area contributed by atoms with E-state index < -0.39 is 0 Å². The molecule has 126 valence electrons. The number of para-hydroxylation sites is 1. The number of phenols is 1. The van der Waals surface area contributed by atoms with Gasteiger partial charge in [-0.3, -0.25) is 4.99 Å². The summed E-state index contributed by atoms with van der Waals surface area (Å²) in [5, 5.41) is 9.96. The molecule has 3 rings (SSSR count). The van der Waals surface area contributed by atoms with Crippen LogP contribution in [0, 0.1) is 0 Å². The number of rotatable bonds is 5. The van der Waals surface area contributed by atoms with Gasteiger partial charge in [-0.25, -0.2) is 0 Å². The third-order valence-electron chi connectivity index (χ3n) is 3.45. The second-order valence-corrected chi connectivity index (χ2v) is 5.63. The topological polar surface area (TPSA) is 51.0 Å². The van der Waals surface area contributed by atoms with Crippen LogP contribution in [0.15, 0.2) is 71.7 Å². The van der Waals surface area contributed by atoms with E-state index in [9.17, 15) is 5.11 Å². The van der Waals surface area contributed by atoms with Crippen molar-refractivity contribution in [2.75, 3.05) is 7.11 Å². The molecule has 3 aromatic carbocycles. The maximum atomic E-state index is 9.74. The molecule has 0 atom stereocenters. The molecule has 1 N–H and O–H groups in total. The Morgan fingerprint density at radius 3 is 2.32 bits per heavy atom. The Bertz CT molecular complexity index is 877. The quantitative estimate of drug-likeness (QED) is 0.607. The minimum Gasteiger partial charge on any atom is -0.503 e.